The van der Waals surface area contributed by atoms with Gasteiger partial charge in [-0.05, 0) is 52.6 Å². The van der Waals surface area contributed by atoms with Gasteiger partial charge >= 0.3 is 0 Å². The quantitative estimate of drug-likeness (QED) is 0.363. The Morgan fingerprint density at radius 3 is 2.18 bits per heavy atom. The predicted octanol–water partition coefficient (Wildman–Crippen LogP) is 6.29. The third kappa shape index (κ3) is 2.28. The predicted molar refractivity (Wildman–Crippen MR) is 117 cm³/mol. The van der Waals surface area contributed by atoms with Gasteiger partial charge in [-0.3, -0.25) is 4.40 Å². The lowest BCUT2D eigenvalue weighted by Crippen LogP contribution is -2.19. The van der Waals surface area contributed by atoms with E-state index < -0.39 is 0 Å². The molecule has 1 aliphatic rings. The Kier molecular flexibility index (Phi) is 3.24. The Morgan fingerprint density at radius 1 is 0.857 bits per heavy atom. The van der Waals surface area contributed by atoms with Crippen LogP contribution in [0.4, 0.5) is 0 Å². The minimum atomic E-state index is -0.0796. The number of hydrogen-bond acceptors (Lipinski definition) is 2. The van der Waals surface area contributed by atoms with Crippen molar-refractivity contribution in [1.29, 1.82) is 0 Å². The van der Waals surface area contributed by atoms with Gasteiger partial charge in [0.2, 0.25) is 0 Å². The minimum Gasteiger partial charge on any atom is -0.279 e. The maximum Gasteiger partial charge on any atom is 0.148 e. The molecule has 0 fully saturated rings. The molecule has 0 aliphatic heterocycles. The van der Waals surface area contributed by atoms with Gasteiger partial charge in [0.25, 0.3) is 0 Å². The minimum absolute atomic E-state index is 0.0796. The molecule has 0 saturated carbocycles. The average Bonchev–Trinajstić information content (AvgIpc) is 3.04. The number of aromatic nitrogens is 3. The zero-order chi connectivity index (χ0) is 20.1. The van der Waals surface area contributed by atoms with Crippen molar-refractivity contribution in [1.82, 2.24) is 14.4 Å². The fourth-order valence-electron chi connectivity index (χ4n) is 5.36. The molecule has 5 rings (SSSR count). The molecular weight excluding hydrogens is 342 g/mol. The van der Waals surface area contributed by atoms with Crippen molar-refractivity contribution in [2.45, 2.75) is 71.1 Å². The molecule has 1 aliphatic carbocycles. The van der Waals surface area contributed by atoms with Crippen molar-refractivity contribution in [2.75, 3.05) is 0 Å². The molecule has 0 amide bonds. The summed E-state index contributed by atoms with van der Waals surface area (Å²) in [6, 6.07) is 13.1. The standard InChI is InChI=1S/C25H29N3/c1-23(2,3)22-27-18-11-9-8-10-15(18)21-26-19-12-16-17(13-20(19)28(21)22)25(6,7)14-24(16,4)5/h8-13H,14H2,1-7H3. The van der Waals surface area contributed by atoms with Crippen LogP contribution in [0.2, 0.25) is 0 Å². The first-order chi connectivity index (χ1) is 13.0. The van der Waals surface area contributed by atoms with Crippen LogP contribution in [0.1, 0.15) is 71.8 Å². The Morgan fingerprint density at radius 2 is 1.50 bits per heavy atom. The first-order valence-corrected chi connectivity index (χ1v) is 10.3. The summed E-state index contributed by atoms with van der Waals surface area (Å²) in [6.45, 7) is 16.2. The summed E-state index contributed by atoms with van der Waals surface area (Å²) in [5, 5.41) is 1.12. The molecule has 0 atom stereocenters. The lowest BCUT2D eigenvalue weighted by atomic mass is 9.82. The van der Waals surface area contributed by atoms with Crippen LogP contribution in [0.25, 0.3) is 27.6 Å². The fraction of sp³-hybridized carbons (Fsp3) is 0.440. The van der Waals surface area contributed by atoms with Crippen LogP contribution in [0.15, 0.2) is 36.4 Å². The molecule has 0 unspecified atom stereocenters. The number of fused-ring (bicyclic) bond motifs is 6. The van der Waals surface area contributed by atoms with Gasteiger partial charge in [0.1, 0.15) is 11.5 Å². The van der Waals surface area contributed by atoms with Crippen LogP contribution >= 0.6 is 0 Å². The molecule has 0 N–H and O–H groups in total. The Hall–Kier alpha value is -2.42. The second-order valence-corrected chi connectivity index (χ2v) is 10.8. The topological polar surface area (TPSA) is 30.2 Å². The maximum absolute atomic E-state index is 5.13. The molecule has 2 aromatic carbocycles. The van der Waals surface area contributed by atoms with Crippen LogP contribution in [0.3, 0.4) is 0 Å². The van der Waals surface area contributed by atoms with E-state index in [4.69, 9.17) is 9.97 Å². The molecule has 4 aromatic rings. The summed E-state index contributed by atoms with van der Waals surface area (Å²) >= 11 is 0. The molecular formula is C25H29N3. The number of para-hydroxylation sites is 1. The highest BCUT2D eigenvalue weighted by Gasteiger charge is 2.42. The first-order valence-electron chi connectivity index (χ1n) is 10.3. The molecule has 0 bridgehead atoms. The second kappa shape index (κ2) is 5.14. The van der Waals surface area contributed by atoms with Gasteiger partial charge in [0.05, 0.1) is 16.6 Å². The van der Waals surface area contributed by atoms with Crippen LogP contribution in [-0.2, 0) is 16.2 Å². The summed E-state index contributed by atoms with van der Waals surface area (Å²) in [5.74, 6) is 1.07. The van der Waals surface area contributed by atoms with Crippen LogP contribution in [-0.4, -0.2) is 14.4 Å². The van der Waals surface area contributed by atoms with Crippen LogP contribution in [0, 0.1) is 0 Å². The highest BCUT2D eigenvalue weighted by Crippen LogP contribution is 2.50. The van der Waals surface area contributed by atoms with Crippen LogP contribution < -0.4 is 0 Å². The fourth-order valence-corrected chi connectivity index (χ4v) is 5.36. The number of imidazole rings is 1. The molecule has 2 aromatic heterocycles. The van der Waals surface area contributed by atoms with Gasteiger partial charge in [-0.2, -0.15) is 0 Å². The number of benzene rings is 2. The largest absolute Gasteiger partial charge is 0.279 e. The number of hydrogen-bond donors (Lipinski definition) is 0. The number of rotatable bonds is 0. The van der Waals surface area contributed by atoms with Gasteiger partial charge in [0, 0.05) is 10.8 Å². The van der Waals surface area contributed by atoms with E-state index in [1.165, 1.54) is 16.6 Å². The SMILES string of the molecule is CC(C)(C)c1nc2ccccc2c2nc3cc4c(cc3n12)C(C)(C)CC4(C)C. The van der Waals surface area contributed by atoms with E-state index in [0.29, 0.717) is 0 Å². The van der Waals surface area contributed by atoms with Crippen molar-refractivity contribution < 1.29 is 0 Å². The molecule has 3 heteroatoms. The van der Waals surface area contributed by atoms with Crippen molar-refractivity contribution >= 4 is 27.6 Å². The summed E-state index contributed by atoms with van der Waals surface area (Å²) in [7, 11) is 0. The summed E-state index contributed by atoms with van der Waals surface area (Å²) in [4.78, 5) is 10.2. The molecule has 0 spiro atoms. The monoisotopic (exact) mass is 371 g/mol. The highest BCUT2D eigenvalue weighted by molar-refractivity contribution is 5.97. The molecule has 0 saturated heterocycles. The third-order valence-corrected chi connectivity index (χ3v) is 6.39. The van der Waals surface area contributed by atoms with E-state index in [2.05, 4.69) is 89.3 Å². The maximum atomic E-state index is 5.13. The lowest BCUT2D eigenvalue weighted by molar-refractivity contribution is 0.403. The summed E-state index contributed by atoms with van der Waals surface area (Å²) in [6.07, 6.45) is 1.16. The van der Waals surface area contributed by atoms with Crippen molar-refractivity contribution in [2.24, 2.45) is 0 Å². The Labute approximate surface area is 166 Å². The number of nitrogens with zero attached hydrogens (tertiary/aromatic N) is 3. The van der Waals surface area contributed by atoms with Gasteiger partial charge in [-0.25, -0.2) is 9.97 Å². The van der Waals surface area contributed by atoms with Gasteiger partial charge in [-0.15, -0.1) is 0 Å². The van der Waals surface area contributed by atoms with Crippen molar-refractivity contribution in [3.05, 3.63) is 53.3 Å². The lowest BCUT2D eigenvalue weighted by Gasteiger charge is -2.22. The van der Waals surface area contributed by atoms with Crippen molar-refractivity contribution in [3.63, 3.8) is 0 Å². The highest BCUT2D eigenvalue weighted by atomic mass is 15.1. The van der Waals surface area contributed by atoms with Gasteiger partial charge in [-0.1, -0.05) is 60.6 Å². The molecule has 28 heavy (non-hydrogen) atoms. The average molecular weight is 372 g/mol. The zero-order valence-electron chi connectivity index (χ0n) is 18.0. The second-order valence-electron chi connectivity index (χ2n) is 10.8. The van der Waals surface area contributed by atoms with E-state index in [1.54, 1.807) is 0 Å². The van der Waals surface area contributed by atoms with E-state index in [1.807, 2.05) is 0 Å². The molecule has 2 heterocycles. The normalized spacial score (nSPS) is 18.2. The van der Waals surface area contributed by atoms with E-state index >= 15 is 0 Å². The van der Waals surface area contributed by atoms with E-state index in [9.17, 15) is 0 Å². The zero-order valence-corrected chi connectivity index (χ0v) is 18.0. The van der Waals surface area contributed by atoms with Gasteiger partial charge in [0.15, 0.2) is 0 Å². The molecule has 144 valence electrons. The van der Waals surface area contributed by atoms with Gasteiger partial charge < -0.3 is 0 Å². The smallest absolute Gasteiger partial charge is 0.148 e. The Balaban J connectivity index is 2.00. The summed E-state index contributed by atoms with van der Waals surface area (Å²) < 4.78 is 2.30. The van der Waals surface area contributed by atoms with Crippen LogP contribution in [0.5, 0.6) is 0 Å². The molecule has 0 radical (unpaired) electrons. The van der Waals surface area contributed by atoms with E-state index in [-0.39, 0.29) is 16.2 Å². The van der Waals surface area contributed by atoms with E-state index in [0.717, 1.165) is 34.3 Å². The summed E-state index contributed by atoms with van der Waals surface area (Å²) in [5.41, 5.74) is 7.47. The molecule has 3 nitrogen and oxygen atoms in total. The first kappa shape index (κ1) is 17.7. The Bertz CT molecular complexity index is 1270. The third-order valence-electron chi connectivity index (χ3n) is 6.39. The van der Waals surface area contributed by atoms with Crippen molar-refractivity contribution in [3.8, 4) is 0 Å².